The van der Waals surface area contributed by atoms with Crippen LogP contribution in [-0.2, 0) is 22.9 Å². The first kappa shape index (κ1) is 31.1. The van der Waals surface area contributed by atoms with Gasteiger partial charge in [-0.15, -0.1) is 0 Å². The predicted molar refractivity (Wildman–Crippen MR) is 177 cm³/mol. The number of nitrogens with zero attached hydrogens (tertiary/aromatic N) is 2. The van der Waals surface area contributed by atoms with Crippen LogP contribution in [0.2, 0.25) is 0 Å². The molecule has 0 aromatic heterocycles. The van der Waals surface area contributed by atoms with Crippen molar-refractivity contribution >= 4 is 27.3 Å². The molecule has 0 unspecified atom stereocenters. The molecule has 0 spiro atoms. The smallest absolute Gasteiger partial charge is 0.261 e. The Kier molecular flexibility index (Phi) is 10.2. The second-order valence-corrected chi connectivity index (χ2v) is 12.9. The standard InChI is InChI=1S/C36H41N3O4S/c1-3-4-8-30-12-14-31(15-13-30)37-44(41,42)34-20-11-28(2)35(27-34)36(40)39-24-22-38(23-25-39)32-16-18-33(19-17-32)43-26-21-29-9-6-5-7-10-29/h5-7,9-20,27,37H,3-4,8,21-26H2,1-2H3. The normalized spacial score (nSPS) is 13.5. The largest absolute Gasteiger partial charge is 0.493 e. The van der Waals surface area contributed by atoms with Crippen molar-refractivity contribution in [3.8, 4) is 5.75 Å². The summed E-state index contributed by atoms with van der Waals surface area (Å²) in [6.45, 7) is 7.08. The van der Waals surface area contributed by atoms with E-state index in [4.69, 9.17) is 4.74 Å². The Balaban J connectivity index is 1.16. The zero-order valence-corrected chi connectivity index (χ0v) is 26.4. The van der Waals surface area contributed by atoms with Crippen molar-refractivity contribution in [1.29, 1.82) is 0 Å². The van der Waals surface area contributed by atoms with Gasteiger partial charge in [0.25, 0.3) is 15.9 Å². The maximum absolute atomic E-state index is 13.5. The molecule has 4 aromatic rings. The molecule has 8 heteroatoms. The van der Waals surface area contributed by atoms with Crippen molar-refractivity contribution in [1.82, 2.24) is 4.90 Å². The fraction of sp³-hybridized carbons (Fsp3) is 0.306. The number of rotatable bonds is 12. The van der Waals surface area contributed by atoms with E-state index in [1.165, 1.54) is 17.2 Å². The quantitative estimate of drug-likeness (QED) is 0.192. The van der Waals surface area contributed by atoms with Crippen LogP contribution in [0.15, 0.2) is 102 Å². The van der Waals surface area contributed by atoms with E-state index in [0.717, 1.165) is 42.7 Å². The number of amides is 1. The number of benzene rings is 4. The Bertz CT molecular complexity index is 1630. The van der Waals surface area contributed by atoms with Crippen LogP contribution in [0.1, 0.15) is 46.8 Å². The van der Waals surface area contributed by atoms with Gasteiger partial charge in [0.15, 0.2) is 0 Å². The predicted octanol–water partition coefficient (Wildman–Crippen LogP) is 6.72. The van der Waals surface area contributed by atoms with Crippen LogP contribution < -0.4 is 14.4 Å². The topological polar surface area (TPSA) is 79.0 Å². The summed E-state index contributed by atoms with van der Waals surface area (Å²) >= 11 is 0. The first-order valence-electron chi connectivity index (χ1n) is 15.4. The molecule has 1 aliphatic heterocycles. The lowest BCUT2D eigenvalue weighted by molar-refractivity contribution is 0.0746. The van der Waals surface area contributed by atoms with Gasteiger partial charge in [0.05, 0.1) is 11.5 Å². The lowest BCUT2D eigenvalue weighted by Crippen LogP contribution is -2.49. The number of ether oxygens (including phenoxy) is 1. The van der Waals surface area contributed by atoms with Crippen molar-refractivity contribution < 1.29 is 17.9 Å². The highest BCUT2D eigenvalue weighted by Gasteiger charge is 2.25. The lowest BCUT2D eigenvalue weighted by atomic mass is 10.1. The number of sulfonamides is 1. The SMILES string of the molecule is CCCCc1ccc(NS(=O)(=O)c2ccc(C)c(C(=O)N3CCN(c4ccc(OCCc5ccccc5)cc4)CC3)c2)cc1. The molecule has 1 N–H and O–H groups in total. The molecule has 1 saturated heterocycles. The average molecular weight is 612 g/mol. The number of hydrogen-bond donors (Lipinski definition) is 1. The summed E-state index contributed by atoms with van der Waals surface area (Å²) in [5.74, 6) is 0.684. The molecule has 230 valence electrons. The third-order valence-electron chi connectivity index (χ3n) is 8.05. The Labute approximate surface area is 261 Å². The second-order valence-electron chi connectivity index (χ2n) is 11.2. The first-order chi connectivity index (χ1) is 21.3. The van der Waals surface area contributed by atoms with E-state index in [9.17, 15) is 13.2 Å². The van der Waals surface area contributed by atoms with E-state index in [0.29, 0.717) is 44.0 Å². The number of carbonyl (C=O) groups is 1. The summed E-state index contributed by atoms with van der Waals surface area (Å²) in [4.78, 5) is 17.7. The van der Waals surface area contributed by atoms with Crippen molar-refractivity contribution in [3.05, 3.63) is 119 Å². The third-order valence-corrected chi connectivity index (χ3v) is 9.42. The zero-order chi connectivity index (χ0) is 30.9. The van der Waals surface area contributed by atoms with Crippen LogP contribution in [0, 0.1) is 6.92 Å². The van der Waals surface area contributed by atoms with Crippen LogP contribution >= 0.6 is 0 Å². The van der Waals surface area contributed by atoms with Crippen molar-refractivity contribution in [2.75, 3.05) is 42.4 Å². The van der Waals surface area contributed by atoms with Gasteiger partial charge < -0.3 is 14.5 Å². The van der Waals surface area contributed by atoms with Crippen LogP contribution in [0.5, 0.6) is 5.75 Å². The molecule has 1 heterocycles. The maximum atomic E-state index is 13.5. The molecule has 1 fully saturated rings. The van der Waals surface area contributed by atoms with Crippen LogP contribution in [-0.4, -0.2) is 52.0 Å². The van der Waals surface area contributed by atoms with Gasteiger partial charge in [0, 0.05) is 49.5 Å². The molecule has 7 nitrogen and oxygen atoms in total. The van der Waals surface area contributed by atoms with Crippen LogP contribution in [0.25, 0.3) is 0 Å². The van der Waals surface area contributed by atoms with Crippen molar-refractivity contribution in [2.45, 2.75) is 44.4 Å². The Hall–Kier alpha value is -4.30. The average Bonchev–Trinajstić information content (AvgIpc) is 3.05. The van der Waals surface area contributed by atoms with Crippen molar-refractivity contribution in [2.24, 2.45) is 0 Å². The van der Waals surface area contributed by atoms with E-state index in [1.54, 1.807) is 29.2 Å². The molecule has 5 rings (SSSR count). The summed E-state index contributed by atoms with van der Waals surface area (Å²) in [5.41, 5.74) is 5.18. The number of anilines is 2. The summed E-state index contributed by atoms with van der Waals surface area (Å²) in [7, 11) is -3.85. The molecule has 0 radical (unpaired) electrons. The zero-order valence-electron chi connectivity index (χ0n) is 25.5. The molecule has 1 aliphatic rings. The Morgan fingerprint density at radius 2 is 1.50 bits per heavy atom. The van der Waals surface area contributed by atoms with Crippen molar-refractivity contribution in [3.63, 3.8) is 0 Å². The second kappa shape index (κ2) is 14.4. The fourth-order valence-corrected chi connectivity index (χ4v) is 6.44. The van der Waals surface area contributed by atoms with Crippen LogP contribution in [0.3, 0.4) is 0 Å². The minimum absolute atomic E-state index is 0.0752. The number of piperazine rings is 1. The van der Waals surface area contributed by atoms with E-state index in [-0.39, 0.29) is 10.8 Å². The van der Waals surface area contributed by atoms with Crippen LogP contribution in [0.4, 0.5) is 11.4 Å². The van der Waals surface area contributed by atoms with E-state index in [2.05, 4.69) is 40.8 Å². The highest BCUT2D eigenvalue weighted by Crippen LogP contribution is 2.24. The number of carbonyl (C=O) groups excluding carboxylic acids is 1. The number of hydrogen-bond acceptors (Lipinski definition) is 5. The van der Waals surface area contributed by atoms with Gasteiger partial charge in [0.1, 0.15) is 5.75 Å². The van der Waals surface area contributed by atoms with Gasteiger partial charge in [-0.2, -0.15) is 0 Å². The number of nitrogens with one attached hydrogen (secondary N) is 1. The molecule has 0 atom stereocenters. The van der Waals surface area contributed by atoms with Gasteiger partial charge in [-0.1, -0.05) is 61.9 Å². The first-order valence-corrected chi connectivity index (χ1v) is 16.8. The van der Waals surface area contributed by atoms with Gasteiger partial charge >= 0.3 is 0 Å². The summed E-state index contributed by atoms with van der Waals surface area (Å²) in [5, 5.41) is 0. The third kappa shape index (κ3) is 7.99. The minimum atomic E-state index is -3.85. The van der Waals surface area contributed by atoms with Gasteiger partial charge in [-0.3, -0.25) is 9.52 Å². The van der Waals surface area contributed by atoms with E-state index < -0.39 is 10.0 Å². The highest BCUT2D eigenvalue weighted by molar-refractivity contribution is 7.92. The molecule has 44 heavy (non-hydrogen) atoms. The summed E-state index contributed by atoms with van der Waals surface area (Å²) in [6, 6.07) is 30.6. The summed E-state index contributed by atoms with van der Waals surface area (Å²) < 4.78 is 35.0. The molecule has 1 amide bonds. The fourth-order valence-electron chi connectivity index (χ4n) is 5.36. The Morgan fingerprint density at radius 1 is 0.818 bits per heavy atom. The summed E-state index contributed by atoms with van der Waals surface area (Å²) in [6.07, 6.45) is 4.03. The van der Waals surface area contributed by atoms with E-state index in [1.807, 2.05) is 49.4 Å². The maximum Gasteiger partial charge on any atom is 0.261 e. The molecular formula is C36H41N3O4S. The number of unbranched alkanes of at least 4 members (excludes halogenated alkanes) is 1. The molecule has 4 aromatic carbocycles. The van der Waals surface area contributed by atoms with Gasteiger partial charge in [-0.25, -0.2) is 8.42 Å². The van der Waals surface area contributed by atoms with Gasteiger partial charge in [0.2, 0.25) is 0 Å². The minimum Gasteiger partial charge on any atom is -0.493 e. The Morgan fingerprint density at radius 3 is 2.18 bits per heavy atom. The lowest BCUT2D eigenvalue weighted by Gasteiger charge is -2.36. The monoisotopic (exact) mass is 611 g/mol. The number of aryl methyl sites for hydroxylation is 2. The molecule has 0 saturated carbocycles. The highest BCUT2D eigenvalue weighted by atomic mass is 32.2. The van der Waals surface area contributed by atoms with E-state index >= 15 is 0 Å². The molecule has 0 aliphatic carbocycles. The van der Waals surface area contributed by atoms with Gasteiger partial charge in [-0.05, 0) is 85.0 Å². The molecule has 0 bridgehead atoms. The molecular weight excluding hydrogens is 570 g/mol.